The molecule has 2 atom stereocenters. The molecule has 0 fully saturated rings. The van der Waals surface area contributed by atoms with Crippen LogP contribution in [0.1, 0.15) is 17.2 Å². The van der Waals surface area contributed by atoms with Crippen LogP contribution in [0.5, 0.6) is 0 Å². The zero-order chi connectivity index (χ0) is 14.6. The maximum Gasteiger partial charge on any atom is 0.282 e. The molecule has 0 saturated carbocycles. The van der Waals surface area contributed by atoms with Crippen LogP contribution in [-0.2, 0) is 6.42 Å². The van der Waals surface area contributed by atoms with Crippen molar-refractivity contribution in [1.29, 1.82) is 0 Å². The van der Waals surface area contributed by atoms with Crippen molar-refractivity contribution in [2.75, 3.05) is 5.73 Å². The predicted octanol–water partition coefficient (Wildman–Crippen LogP) is -0.397. The number of anilines is 1. The van der Waals surface area contributed by atoms with Gasteiger partial charge in [-0.2, -0.15) is 4.98 Å². The predicted molar refractivity (Wildman–Crippen MR) is 74.6 cm³/mol. The Hall–Kier alpha value is -2.74. The third-order valence-corrected chi connectivity index (χ3v) is 3.78. The van der Waals surface area contributed by atoms with Crippen LogP contribution in [0.15, 0.2) is 29.1 Å². The molecule has 2 aromatic heterocycles. The lowest BCUT2D eigenvalue weighted by atomic mass is 10.1. The van der Waals surface area contributed by atoms with Crippen LogP contribution >= 0.6 is 0 Å². The van der Waals surface area contributed by atoms with Crippen molar-refractivity contribution in [2.24, 2.45) is 0 Å². The van der Waals surface area contributed by atoms with Crippen LogP contribution in [0.25, 0.3) is 11.2 Å². The van der Waals surface area contributed by atoms with Gasteiger partial charge in [0, 0.05) is 6.42 Å². The summed E-state index contributed by atoms with van der Waals surface area (Å²) in [6.45, 7) is 0. The fraction of sp³-hybridized carbons (Fsp3) is 0.231. The molecular formula is C13H12N6O2. The molecule has 8 nitrogen and oxygen atoms in total. The third-order valence-electron chi connectivity index (χ3n) is 3.78. The molecule has 0 aliphatic heterocycles. The van der Waals surface area contributed by atoms with E-state index in [1.807, 2.05) is 24.3 Å². The van der Waals surface area contributed by atoms with Gasteiger partial charge in [-0.1, -0.05) is 29.5 Å². The molecule has 4 rings (SSSR count). The van der Waals surface area contributed by atoms with Crippen molar-refractivity contribution >= 4 is 17.1 Å². The molecular weight excluding hydrogens is 272 g/mol. The number of fused-ring (bicyclic) bond motifs is 2. The number of aromatic amines is 1. The molecule has 106 valence electrons. The van der Waals surface area contributed by atoms with Crippen molar-refractivity contribution in [3.8, 4) is 0 Å². The Balaban J connectivity index is 1.97. The molecule has 1 aromatic carbocycles. The molecule has 8 heteroatoms. The van der Waals surface area contributed by atoms with Gasteiger partial charge in [-0.25, -0.2) is 4.68 Å². The molecule has 0 radical (unpaired) electrons. The highest BCUT2D eigenvalue weighted by Crippen LogP contribution is 2.34. The Kier molecular flexibility index (Phi) is 2.36. The van der Waals surface area contributed by atoms with E-state index in [9.17, 15) is 9.90 Å². The van der Waals surface area contributed by atoms with Crippen LogP contribution in [-0.4, -0.2) is 36.2 Å². The lowest BCUT2D eigenvalue weighted by Gasteiger charge is -2.16. The van der Waals surface area contributed by atoms with Crippen molar-refractivity contribution in [3.05, 3.63) is 45.7 Å². The topological polar surface area (TPSA) is 123 Å². The minimum atomic E-state index is -0.644. The Labute approximate surface area is 118 Å². The average Bonchev–Trinajstić information content (AvgIpc) is 2.98. The van der Waals surface area contributed by atoms with Gasteiger partial charge in [0.25, 0.3) is 5.56 Å². The summed E-state index contributed by atoms with van der Waals surface area (Å²) >= 11 is 0. The van der Waals surface area contributed by atoms with Gasteiger partial charge in [0.05, 0.1) is 6.10 Å². The van der Waals surface area contributed by atoms with Crippen molar-refractivity contribution in [2.45, 2.75) is 18.6 Å². The van der Waals surface area contributed by atoms with E-state index >= 15 is 0 Å². The number of benzene rings is 1. The molecule has 0 spiro atoms. The largest absolute Gasteiger partial charge is 0.390 e. The first-order chi connectivity index (χ1) is 10.1. The zero-order valence-electron chi connectivity index (χ0n) is 10.9. The maximum atomic E-state index is 11.8. The normalized spacial score (nSPS) is 20.8. The highest BCUT2D eigenvalue weighted by atomic mass is 16.3. The molecule has 3 aromatic rings. The summed E-state index contributed by atoms with van der Waals surface area (Å²) < 4.78 is 1.47. The summed E-state index contributed by atoms with van der Waals surface area (Å²) in [5, 5.41) is 18.2. The second-order valence-corrected chi connectivity index (χ2v) is 5.07. The Morgan fingerprint density at radius 2 is 2.19 bits per heavy atom. The summed E-state index contributed by atoms with van der Waals surface area (Å²) in [6.07, 6.45) is -0.115. The molecule has 0 amide bonds. The maximum absolute atomic E-state index is 11.8. The number of nitrogens with zero attached hydrogens (tertiary/aromatic N) is 4. The van der Waals surface area contributed by atoms with Crippen LogP contribution in [0, 0.1) is 0 Å². The second-order valence-electron chi connectivity index (χ2n) is 5.07. The quantitative estimate of drug-likeness (QED) is 0.559. The van der Waals surface area contributed by atoms with Gasteiger partial charge in [-0.3, -0.25) is 9.78 Å². The monoisotopic (exact) mass is 284 g/mol. The standard InChI is InChI=1S/C13H12N6O2/c14-13-15-11-9(12(21)16-13)17-18-19(11)10-7-4-2-1-3-6(7)5-8(10)20/h1-4,8,10,20H,5H2,(H3,14,15,16,21)/t8-,10+/m1/s1. The lowest BCUT2D eigenvalue weighted by Crippen LogP contribution is -2.23. The Morgan fingerprint density at radius 3 is 3.05 bits per heavy atom. The minimum Gasteiger partial charge on any atom is -0.390 e. The molecule has 4 N–H and O–H groups in total. The number of H-pyrrole nitrogens is 1. The van der Waals surface area contributed by atoms with Crippen LogP contribution in [0.3, 0.4) is 0 Å². The smallest absolute Gasteiger partial charge is 0.282 e. The van der Waals surface area contributed by atoms with E-state index in [4.69, 9.17) is 5.73 Å². The Bertz CT molecular complexity index is 899. The molecule has 1 aliphatic carbocycles. The molecule has 2 heterocycles. The number of nitrogens with one attached hydrogen (secondary N) is 1. The number of aliphatic hydroxyl groups excluding tert-OH is 1. The van der Waals surface area contributed by atoms with Gasteiger partial charge >= 0.3 is 0 Å². The van der Waals surface area contributed by atoms with Gasteiger partial charge in [-0.05, 0) is 11.1 Å². The SMILES string of the molecule is Nc1nc2c(nnn2[C@H]2c3ccccc3C[C@H]2O)c(=O)[nH]1. The van der Waals surface area contributed by atoms with E-state index in [2.05, 4.69) is 20.3 Å². The summed E-state index contributed by atoms with van der Waals surface area (Å²) in [5.74, 6) is -0.00294. The summed E-state index contributed by atoms with van der Waals surface area (Å²) in [7, 11) is 0. The van der Waals surface area contributed by atoms with E-state index in [1.165, 1.54) is 4.68 Å². The summed E-state index contributed by atoms with van der Waals surface area (Å²) in [4.78, 5) is 18.3. The highest BCUT2D eigenvalue weighted by molar-refractivity contribution is 5.69. The van der Waals surface area contributed by atoms with Crippen LogP contribution in [0.2, 0.25) is 0 Å². The van der Waals surface area contributed by atoms with E-state index in [0.717, 1.165) is 11.1 Å². The van der Waals surface area contributed by atoms with Crippen molar-refractivity contribution in [3.63, 3.8) is 0 Å². The fourth-order valence-corrected chi connectivity index (χ4v) is 2.89. The minimum absolute atomic E-state index is 0.00294. The van der Waals surface area contributed by atoms with Crippen LogP contribution < -0.4 is 11.3 Å². The number of nitrogens with two attached hydrogens (primary N) is 1. The van der Waals surface area contributed by atoms with Gasteiger partial charge in [0.15, 0.2) is 11.2 Å². The lowest BCUT2D eigenvalue weighted by molar-refractivity contribution is 0.139. The molecule has 0 bridgehead atoms. The molecule has 0 unspecified atom stereocenters. The highest BCUT2D eigenvalue weighted by Gasteiger charge is 2.34. The van der Waals surface area contributed by atoms with E-state index in [-0.39, 0.29) is 17.1 Å². The Morgan fingerprint density at radius 1 is 1.38 bits per heavy atom. The zero-order valence-corrected chi connectivity index (χ0v) is 10.9. The fourth-order valence-electron chi connectivity index (χ4n) is 2.89. The van der Waals surface area contributed by atoms with Crippen molar-refractivity contribution in [1.82, 2.24) is 25.0 Å². The van der Waals surface area contributed by atoms with Gasteiger partial charge < -0.3 is 10.8 Å². The number of hydrogen-bond donors (Lipinski definition) is 3. The molecule has 0 saturated heterocycles. The summed E-state index contributed by atoms with van der Waals surface area (Å²) in [6, 6.07) is 7.30. The van der Waals surface area contributed by atoms with Gasteiger partial charge in [-0.15, -0.1) is 5.10 Å². The number of nitrogen functional groups attached to an aromatic ring is 1. The number of aromatic nitrogens is 5. The van der Waals surface area contributed by atoms with E-state index in [0.29, 0.717) is 6.42 Å². The van der Waals surface area contributed by atoms with Gasteiger partial charge in [0.1, 0.15) is 6.04 Å². The van der Waals surface area contributed by atoms with Crippen molar-refractivity contribution < 1.29 is 5.11 Å². The number of hydrogen-bond acceptors (Lipinski definition) is 6. The number of rotatable bonds is 1. The first-order valence-corrected chi connectivity index (χ1v) is 6.51. The third kappa shape index (κ3) is 1.66. The first kappa shape index (κ1) is 12.0. The van der Waals surface area contributed by atoms with Crippen LogP contribution in [0.4, 0.5) is 5.95 Å². The molecule has 1 aliphatic rings. The van der Waals surface area contributed by atoms with E-state index in [1.54, 1.807) is 0 Å². The average molecular weight is 284 g/mol. The second kappa shape index (κ2) is 4.13. The number of aliphatic hydroxyl groups is 1. The molecule has 21 heavy (non-hydrogen) atoms. The van der Waals surface area contributed by atoms with E-state index < -0.39 is 17.7 Å². The summed E-state index contributed by atoms with van der Waals surface area (Å²) in [5.41, 5.74) is 7.54. The first-order valence-electron chi connectivity index (χ1n) is 6.51. The van der Waals surface area contributed by atoms with Gasteiger partial charge in [0.2, 0.25) is 5.95 Å².